The third-order valence-electron chi connectivity index (χ3n) is 9.91. The Morgan fingerprint density at radius 3 is 0.250 bits per heavy atom. The summed E-state index contributed by atoms with van der Waals surface area (Å²) in [4.78, 5) is 0. The van der Waals surface area contributed by atoms with Gasteiger partial charge in [-0.1, -0.05) is 285 Å². The Hall–Kier alpha value is 0. The van der Waals surface area contributed by atoms with Crippen LogP contribution >= 0.6 is 0 Å². The maximum atomic E-state index is 2.30. The van der Waals surface area contributed by atoms with Gasteiger partial charge in [-0.05, 0) is 0 Å². The van der Waals surface area contributed by atoms with Crippen LogP contribution in [0.2, 0.25) is 0 Å². The number of rotatable bonds is 38. The van der Waals surface area contributed by atoms with Gasteiger partial charge in [0.25, 0.3) is 0 Å². The molecule has 0 aromatic rings. The molecule has 44 heavy (non-hydrogen) atoms. The van der Waals surface area contributed by atoms with Crippen molar-refractivity contribution in [2.45, 2.75) is 285 Å². The van der Waals surface area contributed by atoms with Gasteiger partial charge in [0.2, 0.25) is 0 Å². The minimum Gasteiger partial charge on any atom is -0.0654 e. The smallest absolute Gasteiger partial charge is 0.0533 e. The minimum absolute atomic E-state index is 1.37. The molecule has 0 aromatic carbocycles. The molecule has 0 heteroatoms. The molecule has 0 N–H and O–H groups in total. The maximum Gasteiger partial charge on any atom is -0.0533 e. The summed E-state index contributed by atoms with van der Waals surface area (Å²) in [6.45, 7) is 9.20. The topological polar surface area (TPSA) is 0 Å². The van der Waals surface area contributed by atoms with Crippen molar-refractivity contribution in [3.05, 3.63) is 0 Å². The molecule has 0 fully saturated rings. The highest BCUT2D eigenvalue weighted by atomic mass is 14.0. The summed E-state index contributed by atoms with van der Waals surface area (Å²) in [7, 11) is 0. The lowest BCUT2D eigenvalue weighted by atomic mass is 10.0. The first-order chi connectivity index (χ1) is 21.8. The molecule has 0 aromatic heterocycles. The molecule has 0 amide bonds. The second kappa shape index (κ2) is 47.4. The Morgan fingerprint density at radius 2 is 0.182 bits per heavy atom. The fourth-order valence-corrected chi connectivity index (χ4v) is 6.66. The molecule has 0 heterocycles. The van der Waals surface area contributed by atoms with Gasteiger partial charge in [0.05, 0.1) is 0 Å². The van der Waals surface area contributed by atoms with Gasteiger partial charge in [0, 0.05) is 0 Å². The van der Waals surface area contributed by atoms with E-state index in [0.717, 1.165) is 0 Å². The highest BCUT2D eigenvalue weighted by Crippen LogP contribution is 2.16. The predicted octanol–water partition coefficient (Wildman–Crippen LogP) is 17.7. The first-order valence-corrected chi connectivity index (χ1v) is 21.8. The van der Waals surface area contributed by atoms with E-state index >= 15 is 0 Å². The molecule has 0 nitrogen and oxygen atoms in total. The molecule has 0 rings (SSSR count). The summed E-state index contributed by atoms with van der Waals surface area (Å²) in [6, 6.07) is 0. The van der Waals surface area contributed by atoms with Gasteiger partial charge in [0.15, 0.2) is 0 Å². The molecule has 0 unspecified atom stereocenters. The lowest BCUT2D eigenvalue weighted by Gasteiger charge is -2.03. The third kappa shape index (κ3) is 48.9. The van der Waals surface area contributed by atoms with Gasteiger partial charge in [-0.3, -0.25) is 0 Å². The second-order valence-electron chi connectivity index (χ2n) is 14.7. The highest BCUT2D eigenvalue weighted by Gasteiger charge is 1.96. The summed E-state index contributed by atoms with van der Waals surface area (Å²) in [5, 5.41) is 0. The second-order valence-corrected chi connectivity index (χ2v) is 14.7. The fourth-order valence-electron chi connectivity index (χ4n) is 6.66. The van der Waals surface area contributed by atoms with E-state index in [0.29, 0.717) is 0 Å². The van der Waals surface area contributed by atoms with Crippen molar-refractivity contribution in [1.29, 1.82) is 0 Å². The first-order valence-electron chi connectivity index (χ1n) is 21.8. The Morgan fingerprint density at radius 1 is 0.114 bits per heavy atom. The average molecular weight is 621 g/mol. The van der Waals surface area contributed by atoms with Crippen molar-refractivity contribution in [3.63, 3.8) is 0 Å². The van der Waals surface area contributed by atoms with Crippen LogP contribution < -0.4 is 0 Å². The summed E-state index contributed by atoms with van der Waals surface area (Å²) < 4.78 is 0. The lowest BCUT2D eigenvalue weighted by molar-refractivity contribution is 0.523. The Labute approximate surface area is 283 Å². The summed E-state index contributed by atoms with van der Waals surface area (Å²) >= 11 is 0. The van der Waals surface area contributed by atoms with Gasteiger partial charge in [0.1, 0.15) is 0 Å². The van der Waals surface area contributed by atoms with Crippen LogP contribution in [0, 0.1) is 0 Å². The third-order valence-corrected chi connectivity index (χ3v) is 9.91. The van der Waals surface area contributed by atoms with Crippen molar-refractivity contribution < 1.29 is 0 Å². The Balaban J connectivity index is 0. The van der Waals surface area contributed by atoms with Gasteiger partial charge in [-0.25, -0.2) is 0 Å². The zero-order valence-corrected chi connectivity index (χ0v) is 32.3. The monoisotopic (exact) mass is 621 g/mol. The quantitative estimate of drug-likeness (QED) is 0.0602. The number of hydrogen-bond acceptors (Lipinski definition) is 0. The Bertz CT molecular complexity index is 346. The molecule has 0 aliphatic rings. The average Bonchev–Trinajstić information content (AvgIpc) is 3.04. The molecule has 0 aliphatic heterocycles. The summed E-state index contributed by atoms with van der Waals surface area (Å²) in [6.07, 6.45) is 58.8. The molecule has 0 saturated heterocycles. The van der Waals surface area contributed by atoms with E-state index in [1.54, 1.807) is 0 Å². The van der Waals surface area contributed by atoms with Gasteiger partial charge < -0.3 is 0 Å². The van der Waals surface area contributed by atoms with E-state index in [1.807, 2.05) is 0 Å². The van der Waals surface area contributed by atoms with Crippen molar-refractivity contribution in [1.82, 2.24) is 0 Å². The van der Waals surface area contributed by atoms with Crippen molar-refractivity contribution in [2.24, 2.45) is 0 Å². The van der Waals surface area contributed by atoms with E-state index in [9.17, 15) is 0 Å². The SMILES string of the molecule is CCCCCCCCCCCCCCCCCCCCCC.CCCCCCCCCCCCCCCCCCCCCC. The van der Waals surface area contributed by atoms with Crippen LogP contribution in [0.25, 0.3) is 0 Å². The molecular formula is C44H92. The highest BCUT2D eigenvalue weighted by molar-refractivity contribution is 4.52. The van der Waals surface area contributed by atoms with E-state index in [2.05, 4.69) is 27.7 Å². The zero-order chi connectivity index (χ0) is 32.3. The number of hydrogen-bond donors (Lipinski definition) is 0. The molecule has 0 saturated carbocycles. The van der Waals surface area contributed by atoms with Gasteiger partial charge in [-0.15, -0.1) is 0 Å². The van der Waals surface area contributed by atoms with Crippen molar-refractivity contribution in [2.75, 3.05) is 0 Å². The van der Waals surface area contributed by atoms with Crippen LogP contribution in [0.15, 0.2) is 0 Å². The van der Waals surface area contributed by atoms with E-state index in [1.165, 1.54) is 257 Å². The molecule has 0 atom stereocenters. The first kappa shape index (κ1) is 46.1. The minimum atomic E-state index is 1.37. The van der Waals surface area contributed by atoms with E-state index in [4.69, 9.17) is 0 Å². The largest absolute Gasteiger partial charge is 0.0654 e. The molecule has 0 aliphatic carbocycles. The van der Waals surface area contributed by atoms with Crippen LogP contribution in [-0.4, -0.2) is 0 Å². The Kier molecular flexibility index (Phi) is 49.7. The van der Waals surface area contributed by atoms with Crippen LogP contribution in [0.3, 0.4) is 0 Å². The predicted molar refractivity (Wildman–Crippen MR) is 207 cm³/mol. The van der Waals surface area contributed by atoms with Crippen LogP contribution in [0.5, 0.6) is 0 Å². The van der Waals surface area contributed by atoms with Crippen molar-refractivity contribution >= 4 is 0 Å². The normalized spacial score (nSPS) is 11.2. The van der Waals surface area contributed by atoms with Gasteiger partial charge >= 0.3 is 0 Å². The molecule has 0 radical (unpaired) electrons. The van der Waals surface area contributed by atoms with Crippen LogP contribution in [0.4, 0.5) is 0 Å². The summed E-state index contributed by atoms with van der Waals surface area (Å²) in [5.41, 5.74) is 0. The molecule has 268 valence electrons. The standard InChI is InChI=1S/2C22H46/c2*1-3-5-7-9-11-13-15-17-19-21-22-20-18-16-14-12-10-8-6-4-2/h2*3-22H2,1-2H3. The van der Waals surface area contributed by atoms with Crippen LogP contribution in [-0.2, 0) is 0 Å². The van der Waals surface area contributed by atoms with Crippen LogP contribution in [0.1, 0.15) is 285 Å². The van der Waals surface area contributed by atoms with Gasteiger partial charge in [-0.2, -0.15) is 0 Å². The van der Waals surface area contributed by atoms with Crippen molar-refractivity contribution in [3.8, 4) is 0 Å². The van der Waals surface area contributed by atoms with E-state index in [-0.39, 0.29) is 0 Å². The molecular weight excluding hydrogens is 528 g/mol. The molecule has 0 spiro atoms. The molecule has 0 bridgehead atoms. The van der Waals surface area contributed by atoms with E-state index < -0.39 is 0 Å². The zero-order valence-electron chi connectivity index (χ0n) is 32.3. The maximum absolute atomic E-state index is 2.30. The summed E-state index contributed by atoms with van der Waals surface area (Å²) in [5.74, 6) is 0. The number of unbranched alkanes of at least 4 members (excludes halogenated alkanes) is 38. The lowest BCUT2D eigenvalue weighted by Crippen LogP contribution is -1.84. The fraction of sp³-hybridized carbons (Fsp3) is 1.00.